The molecule has 0 rings (SSSR count). The summed E-state index contributed by atoms with van der Waals surface area (Å²) in [4.78, 5) is 14.2. The maximum Gasteiger partial charge on any atom is 0.324 e. The first-order valence-electron chi connectivity index (χ1n) is 7.44. The highest BCUT2D eigenvalue weighted by atomic mass is 16.5. The Balaban J connectivity index is 4.55. The van der Waals surface area contributed by atoms with Crippen molar-refractivity contribution in [1.29, 1.82) is 0 Å². The van der Waals surface area contributed by atoms with Crippen LogP contribution in [0.5, 0.6) is 0 Å². The predicted octanol–water partition coefficient (Wildman–Crippen LogP) is 2.14. The number of carbonyl (C=O) groups is 1. The fraction of sp³-hybridized carbons (Fsp3) is 0.933. The van der Waals surface area contributed by atoms with Crippen molar-refractivity contribution in [3.8, 4) is 0 Å². The van der Waals surface area contributed by atoms with E-state index < -0.39 is 0 Å². The van der Waals surface area contributed by atoms with E-state index in [1.807, 2.05) is 0 Å². The van der Waals surface area contributed by atoms with Crippen molar-refractivity contribution in [3.63, 3.8) is 0 Å². The molecule has 0 fully saturated rings. The Morgan fingerprint density at radius 1 is 1.11 bits per heavy atom. The Morgan fingerprint density at radius 2 is 1.63 bits per heavy atom. The van der Waals surface area contributed by atoms with Crippen LogP contribution < -0.4 is 5.32 Å². The highest BCUT2D eigenvalue weighted by molar-refractivity contribution is 5.75. The van der Waals surface area contributed by atoms with E-state index in [1.54, 1.807) is 0 Å². The van der Waals surface area contributed by atoms with Gasteiger partial charge in [-0.25, -0.2) is 0 Å². The number of nitrogens with one attached hydrogen (secondary N) is 1. The Bertz CT molecular complexity index is 232. The van der Waals surface area contributed by atoms with Crippen molar-refractivity contribution in [2.45, 2.75) is 47.1 Å². The molecule has 1 N–H and O–H groups in total. The lowest BCUT2D eigenvalue weighted by atomic mass is 10.1. The molecule has 0 aromatic carbocycles. The zero-order valence-electron chi connectivity index (χ0n) is 13.5. The van der Waals surface area contributed by atoms with Crippen LogP contribution in [0.4, 0.5) is 0 Å². The van der Waals surface area contributed by atoms with Gasteiger partial charge in [-0.2, -0.15) is 0 Å². The van der Waals surface area contributed by atoms with E-state index in [-0.39, 0.29) is 12.0 Å². The Labute approximate surface area is 118 Å². The molecule has 0 aliphatic carbocycles. The first-order valence-corrected chi connectivity index (χ1v) is 7.44. The minimum Gasteiger partial charge on any atom is -0.468 e. The van der Waals surface area contributed by atoms with Gasteiger partial charge in [0.1, 0.15) is 6.04 Å². The average molecular weight is 272 g/mol. The van der Waals surface area contributed by atoms with E-state index in [0.29, 0.717) is 11.8 Å². The molecule has 0 bridgehead atoms. The largest absolute Gasteiger partial charge is 0.468 e. The summed E-state index contributed by atoms with van der Waals surface area (Å²) in [5, 5.41) is 3.28. The van der Waals surface area contributed by atoms with Crippen molar-refractivity contribution >= 4 is 5.97 Å². The van der Waals surface area contributed by atoms with E-state index in [4.69, 9.17) is 4.74 Å². The van der Waals surface area contributed by atoms with Gasteiger partial charge < -0.3 is 15.0 Å². The number of ether oxygens (including phenoxy) is 1. The topological polar surface area (TPSA) is 41.6 Å². The van der Waals surface area contributed by atoms with Gasteiger partial charge in [0.05, 0.1) is 7.11 Å². The molecule has 114 valence electrons. The number of rotatable bonds is 10. The average Bonchev–Trinajstić information content (AvgIpc) is 2.31. The van der Waals surface area contributed by atoms with Crippen LogP contribution in [0.3, 0.4) is 0 Å². The number of nitrogens with zero attached hydrogens (tertiary/aromatic N) is 1. The van der Waals surface area contributed by atoms with Gasteiger partial charge in [0, 0.05) is 19.6 Å². The summed E-state index contributed by atoms with van der Waals surface area (Å²) >= 11 is 0. The number of hydrogen-bond acceptors (Lipinski definition) is 4. The van der Waals surface area contributed by atoms with Gasteiger partial charge in [-0.05, 0) is 24.8 Å². The second-order valence-electron chi connectivity index (χ2n) is 6.04. The summed E-state index contributed by atoms with van der Waals surface area (Å²) in [5.74, 6) is 1.04. The maximum absolute atomic E-state index is 11.8. The molecular weight excluding hydrogens is 240 g/mol. The molecule has 1 unspecified atom stereocenters. The second-order valence-corrected chi connectivity index (χ2v) is 6.04. The van der Waals surface area contributed by atoms with E-state index in [0.717, 1.165) is 32.6 Å². The molecule has 0 aromatic heterocycles. The highest BCUT2D eigenvalue weighted by Crippen LogP contribution is 2.05. The molecule has 0 saturated carbocycles. The molecule has 0 radical (unpaired) electrons. The Kier molecular flexibility index (Phi) is 9.88. The minimum atomic E-state index is -0.220. The van der Waals surface area contributed by atoms with Gasteiger partial charge in [0.15, 0.2) is 0 Å². The standard InChI is InChI=1S/C15H32N2O2/c1-7-8-16-14(15(18)19-6)11-17(9-12(2)3)10-13(4)5/h12-14,16H,7-11H2,1-6H3. The molecule has 0 heterocycles. The van der Waals surface area contributed by atoms with Crippen molar-refractivity contribution in [2.75, 3.05) is 33.3 Å². The smallest absolute Gasteiger partial charge is 0.324 e. The molecule has 1 atom stereocenters. The first-order chi connectivity index (χ1) is 8.90. The van der Waals surface area contributed by atoms with Gasteiger partial charge in [-0.1, -0.05) is 34.6 Å². The summed E-state index contributed by atoms with van der Waals surface area (Å²) < 4.78 is 4.89. The fourth-order valence-electron chi connectivity index (χ4n) is 2.20. The number of methoxy groups -OCH3 is 1. The van der Waals surface area contributed by atoms with Gasteiger partial charge in [0.25, 0.3) is 0 Å². The zero-order chi connectivity index (χ0) is 14.8. The third kappa shape index (κ3) is 9.00. The van der Waals surface area contributed by atoms with Crippen LogP contribution in [0, 0.1) is 11.8 Å². The summed E-state index contributed by atoms with van der Waals surface area (Å²) in [6, 6.07) is -0.220. The highest BCUT2D eigenvalue weighted by Gasteiger charge is 2.22. The van der Waals surface area contributed by atoms with Crippen LogP contribution >= 0.6 is 0 Å². The minimum absolute atomic E-state index is 0.161. The molecule has 4 heteroatoms. The summed E-state index contributed by atoms with van der Waals surface area (Å²) in [6.45, 7) is 14.5. The summed E-state index contributed by atoms with van der Waals surface area (Å²) in [7, 11) is 1.46. The lowest BCUT2D eigenvalue weighted by Crippen LogP contribution is -2.48. The Hall–Kier alpha value is -0.610. The number of hydrogen-bond donors (Lipinski definition) is 1. The van der Waals surface area contributed by atoms with Crippen molar-refractivity contribution in [2.24, 2.45) is 11.8 Å². The molecule has 0 aromatic rings. The molecule has 0 aliphatic heterocycles. The van der Waals surface area contributed by atoms with Gasteiger partial charge in [-0.15, -0.1) is 0 Å². The van der Waals surface area contributed by atoms with Gasteiger partial charge in [-0.3, -0.25) is 4.79 Å². The van der Waals surface area contributed by atoms with Crippen molar-refractivity contribution < 1.29 is 9.53 Å². The van der Waals surface area contributed by atoms with E-state index in [2.05, 4.69) is 44.8 Å². The normalized spacial score (nSPS) is 13.3. The predicted molar refractivity (Wildman–Crippen MR) is 80.2 cm³/mol. The molecule has 0 spiro atoms. The van der Waals surface area contributed by atoms with Crippen molar-refractivity contribution in [3.05, 3.63) is 0 Å². The monoisotopic (exact) mass is 272 g/mol. The molecule has 0 saturated heterocycles. The maximum atomic E-state index is 11.8. The third-order valence-corrected chi connectivity index (χ3v) is 2.81. The first kappa shape index (κ1) is 18.4. The third-order valence-electron chi connectivity index (χ3n) is 2.81. The van der Waals surface area contributed by atoms with E-state index in [9.17, 15) is 4.79 Å². The van der Waals surface area contributed by atoms with Crippen LogP contribution in [-0.4, -0.2) is 50.2 Å². The lowest BCUT2D eigenvalue weighted by Gasteiger charge is -2.29. The summed E-state index contributed by atoms with van der Waals surface area (Å²) in [6.07, 6.45) is 1.02. The zero-order valence-corrected chi connectivity index (χ0v) is 13.5. The van der Waals surface area contributed by atoms with Gasteiger partial charge >= 0.3 is 5.97 Å². The van der Waals surface area contributed by atoms with Crippen LogP contribution in [0.2, 0.25) is 0 Å². The molecule has 0 amide bonds. The SMILES string of the molecule is CCCNC(CN(CC(C)C)CC(C)C)C(=O)OC. The molecule has 4 nitrogen and oxygen atoms in total. The van der Waals surface area contributed by atoms with Crippen molar-refractivity contribution in [1.82, 2.24) is 10.2 Å². The van der Waals surface area contributed by atoms with Crippen LogP contribution in [0.15, 0.2) is 0 Å². The van der Waals surface area contributed by atoms with Gasteiger partial charge in [0.2, 0.25) is 0 Å². The van der Waals surface area contributed by atoms with E-state index >= 15 is 0 Å². The van der Waals surface area contributed by atoms with E-state index in [1.165, 1.54) is 7.11 Å². The second kappa shape index (κ2) is 10.2. The molecule has 19 heavy (non-hydrogen) atoms. The van der Waals surface area contributed by atoms with Crippen LogP contribution in [0.25, 0.3) is 0 Å². The van der Waals surface area contributed by atoms with Crippen LogP contribution in [-0.2, 0) is 9.53 Å². The van der Waals surface area contributed by atoms with Crippen LogP contribution in [0.1, 0.15) is 41.0 Å². The number of carbonyl (C=O) groups excluding carboxylic acids is 1. The fourth-order valence-corrected chi connectivity index (χ4v) is 2.20. The molecular formula is C15H32N2O2. The summed E-state index contributed by atoms with van der Waals surface area (Å²) in [5.41, 5.74) is 0. The Morgan fingerprint density at radius 3 is 2.00 bits per heavy atom. The number of esters is 1. The lowest BCUT2D eigenvalue weighted by molar-refractivity contribution is -0.143. The quantitative estimate of drug-likeness (QED) is 0.619. The molecule has 0 aliphatic rings.